The van der Waals surface area contributed by atoms with Crippen LogP contribution in [0.25, 0.3) is 11.1 Å². The lowest BCUT2D eigenvalue weighted by Gasteiger charge is -2.27. The van der Waals surface area contributed by atoms with Crippen LogP contribution in [0, 0.1) is 11.2 Å². The van der Waals surface area contributed by atoms with E-state index in [0.29, 0.717) is 30.4 Å². The van der Waals surface area contributed by atoms with Crippen LogP contribution in [-0.4, -0.2) is 40.8 Å². The molecule has 0 radical (unpaired) electrons. The predicted molar refractivity (Wildman–Crippen MR) is 129 cm³/mol. The Morgan fingerprint density at radius 3 is 2.51 bits per heavy atom. The van der Waals surface area contributed by atoms with Crippen LogP contribution in [0.4, 0.5) is 15.1 Å². The number of carbonyl (C=O) groups excluding carboxylic acids is 1. The van der Waals surface area contributed by atoms with Gasteiger partial charge in [0.05, 0.1) is 5.71 Å². The fraction of sp³-hybridized carbons (Fsp3) is 0.208. The molecule has 11 heteroatoms. The first-order chi connectivity index (χ1) is 17.0. The average molecular weight is 478 g/mol. The zero-order valence-electron chi connectivity index (χ0n) is 18.8. The molecule has 1 fully saturated rings. The molecule has 0 bridgehead atoms. The number of alkyl carbamates (subject to hydrolysis) is 1. The van der Waals surface area contributed by atoms with E-state index in [4.69, 9.17) is 20.7 Å². The van der Waals surface area contributed by atoms with Crippen LogP contribution in [0.3, 0.4) is 0 Å². The number of nitrogens with zero attached hydrogens (tertiary/aromatic N) is 4. The normalized spacial score (nSPS) is 13.2. The molecular weight excluding hydrogens is 453 g/mol. The van der Waals surface area contributed by atoms with Crippen molar-refractivity contribution in [1.82, 2.24) is 15.3 Å². The summed E-state index contributed by atoms with van der Waals surface area (Å²) in [4.78, 5) is 27.8. The number of nitrogens with two attached hydrogens (primary N) is 1. The maximum absolute atomic E-state index is 15.0. The van der Waals surface area contributed by atoms with E-state index in [1.54, 1.807) is 24.5 Å². The fourth-order valence-electron chi connectivity index (χ4n) is 3.48. The van der Waals surface area contributed by atoms with Gasteiger partial charge in [-0.15, -0.1) is 0 Å². The molecule has 0 aliphatic carbocycles. The summed E-state index contributed by atoms with van der Waals surface area (Å²) in [5.41, 5.74) is 7.00. The van der Waals surface area contributed by atoms with E-state index < -0.39 is 17.9 Å². The molecule has 35 heavy (non-hydrogen) atoms. The molecule has 2 aromatic carbocycles. The van der Waals surface area contributed by atoms with Crippen molar-refractivity contribution in [2.45, 2.75) is 19.4 Å². The number of hydrogen-bond donors (Lipinski definition) is 3. The molecule has 0 atom stereocenters. The summed E-state index contributed by atoms with van der Waals surface area (Å²) in [7, 11) is 0. The third kappa shape index (κ3) is 6.28. The summed E-state index contributed by atoms with van der Waals surface area (Å²) < 4.78 is 19.9. The number of benzene rings is 2. The monoisotopic (exact) mass is 477 g/mol. The van der Waals surface area contributed by atoms with Crippen molar-refractivity contribution in [1.29, 1.82) is 5.41 Å². The number of anilines is 1. The zero-order chi connectivity index (χ0) is 24.6. The van der Waals surface area contributed by atoms with Gasteiger partial charge < -0.3 is 20.2 Å². The molecule has 1 amide bonds. The Morgan fingerprint density at radius 2 is 1.83 bits per heavy atom. The number of hydrogen-bond acceptors (Lipinski definition) is 8. The van der Waals surface area contributed by atoms with Crippen molar-refractivity contribution in [2.75, 3.05) is 18.0 Å². The van der Waals surface area contributed by atoms with Crippen molar-refractivity contribution in [3.05, 3.63) is 72.3 Å². The van der Waals surface area contributed by atoms with E-state index in [9.17, 15) is 9.18 Å². The second-order valence-corrected chi connectivity index (χ2v) is 7.71. The number of para-hydroxylation sites is 1. The van der Waals surface area contributed by atoms with Gasteiger partial charge in [0.2, 0.25) is 5.95 Å². The smallest absolute Gasteiger partial charge is 0.414 e. The Morgan fingerprint density at radius 1 is 1.11 bits per heavy atom. The van der Waals surface area contributed by atoms with Crippen LogP contribution in [-0.2, 0) is 11.3 Å². The van der Waals surface area contributed by atoms with Gasteiger partial charge in [0.15, 0.2) is 11.7 Å². The highest BCUT2D eigenvalue weighted by atomic mass is 19.1. The first-order valence-corrected chi connectivity index (χ1v) is 10.9. The van der Waals surface area contributed by atoms with Gasteiger partial charge >= 0.3 is 6.09 Å². The minimum absolute atomic E-state index is 0.172. The number of halogens is 1. The number of aromatic nitrogens is 2. The lowest BCUT2D eigenvalue weighted by atomic mass is 10.1. The summed E-state index contributed by atoms with van der Waals surface area (Å²) in [6, 6.07) is 14.2. The second kappa shape index (κ2) is 11.1. The molecule has 0 spiro atoms. The summed E-state index contributed by atoms with van der Waals surface area (Å²) in [5, 5.41) is 13.2. The number of nitrogens with one attached hydrogen (secondary N) is 2. The summed E-state index contributed by atoms with van der Waals surface area (Å²) in [6.45, 7) is 1.07. The van der Waals surface area contributed by atoms with Crippen molar-refractivity contribution < 1.29 is 18.8 Å². The maximum atomic E-state index is 15.0. The molecule has 1 aromatic heterocycles. The largest absolute Gasteiger partial charge is 0.444 e. The quantitative estimate of drug-likeness (QED) is 0.281. The summed E-state index contributed by atoms with van der Waals surface area (Å²) in [5.74, 6) is 0.150. The van der Waals surface area contributed by atoms with Crippen molar-refractivity contribution in [3.8, 4) is 16.9 Å². The predicted octanol–water partition coefficient (Wildman–Crippen LogP) is 3.44. The molecular formula is C24H24FN7O3. The van der Waals surface area contributed by atoms with Crippen molar-refractivity contribution in [3.63, 3.8) is 0 Å². The van der Waals surface area contributed by atoms with E-state index in [2.05, 4.69) is 15.1 Å². The summed E-state index contributed by atoms with van der Waals surface area (Å²) in [6.07, 6.45) is 3.65. The Kier molecular flexibility index (Phi) is 7.46. The van der Waals surface area contributed by atoms with Gasteiger partial charge in [0.25, 0.3) is 0 Å². The number of amides is 1. The van der Waals surface area contributed by atoms with Gasteiger partial charge in [-0.05, 0) is 12.1 Å². The number of oxime groups is 1. The third-order valence-electron chi connectivity index (χ3n) is 5.27. The van der Waals surface area contributed by atoms with Gasteiger partial charge in [-0.3, -0.25) is 10.7 Å². The van der Waals surface area contributed by atoms with E-state index in [-0.39, 0.29) is 17.7 Å². The van der Waals surface area contributed by atoms with Crippen LogP contribution in [0.2, 0.25) is 0 Å². The highest BCUT2D eigenvalue weighted by Crippen LogP contribution is 2.26. The molecule has 4 N–H and O–H groups in total. The first kappa shape index (κ1) is 23.6. The average Bonchev–Trinajstić information content (AvgIpc) is 2.88. The minimum Gasteiger partial charge on any atom is -0.444 e. The summed E-state index contributed by atoms with van der Waals surface area (Å²) >= 11 is 0. The van der Waals surface area contributed by atoms with Gasteiger partial charge in [-0.1, -0.05) is 41.6 Å². The van der Waals surface area contributed by atoms with Crippen molar-refractivity contribution >= 4 is 23.7 Å². The Hall–Kier alpha value is -4.54. The maximum Gasteiger partial charge on any atom is 0.414 e. The first-order valence-electron chi connectivity index (χ1n) is 10.9. The standard InChI is InChI=1S/C24H24FN7O3/c25-21-16(15-34-24(33)30-22(26)27)5-4-8-20(21)17-13-28-23(29-14-17)32-11-9-18(10-12-32)31-35-19-6-2-1-3-7-19/h1-8,13-14H,9-12,15H2,(H4,26,27,30,33). The second-order valence-electron chi connectivity index (χ2n) is 7.71. The molecule has 3 aromatic rings. The molecule has 180 valence electrons. The number of rotatable bonds is 6. The number of ether oxygens (including phenoxy) is 1. The molecule has 4 rings (SSSR count). The van der Waals surface area contributed by atoms with E-state index >= 15 is 0 Å². The van der Waals surface area contributed by atoms with Gasteiger partial charge in [0, 0.05) is 55.0 Å². The lowest BCUT2D eigenvalue weighted by Crippen LogP contribution is -2.36. The molecule has 1 aliphatic heterocycles. The Bertz CT molecular complexity index is 1210. The van der Waals surface area contributed by atoms with E-state index in [1.807, 2.05) is 40.5 Å². The van der Waals surface area contributed by atoms with Crippen LogP contribution < -0.4 is 20.8 Å². The molecule has 1 aliphatic rings. The molecule has 10 nitrogen and oxygen atoms in total. The van der Waals surface area contributed by atoms with Gasteiger partial charge in [-0.25, -0.2) is 19.2 Å². The van der Waals surface area contributed by atoms with Crippen molar-refractivity contribution in [2.24, 2.45) is 10.9 Å². The van der Waals surface area contributed by atoms with Crippen LogP contribution in [0.15, 0.2) is 66.1 Å². The highest BCUT2D eigenvalue weighted by molar-refractivity contribution is 5.90. The van der Waals surface area contributed by atoms with E-state index in [1.165, 1.54) is 6.07 Å². The lowest BCUT2D eigenvalue weighted by molar-refractivity contribution is 0.143. The zero-order valence-corrected chi connectivity index (χ0v) is 18.8. The SMILES string of the molecule is N=C(N)NC(=O)OCc1cccc(-c2cnc(N3CCC(=NOc4ccccc4)CC3)nc2)c1F. The number of carbonyl (C=O) groups is 1. The Balaban J connectivity index is 1.36. The molecule has 2 heterocycles. The minimum atomic E-state index is -0.934. The van der Waals surface area contributed by atoms with Crippen LogP contribution >= 0.6 is 0 Å². The topological polar surface area (TPSA) is 139 Å². The fourth-order valence-corrected chi connectivity index (χ4v) is 3.48. The Labute approximate surface area is 201 Å². The van der Waals surface area contributed by atoms with Gasteiger partial charge in [-0.2, -0.15) is 0 Å². The van der Waals surface area contributed by atoms with Crippen LogP contribution in [0.5, 0.6) is 5.75 Å². The number of guanidine groups is 1. The van der Waals surface area contributed by atoms with Gasteiger partial charge in [0.1, 0.15) is 12.4 Å². The molecule has 0 saturated carbocycles. The van der Waals surface area contributed by atoms with E-state index in [0.717, 1.165) is 18.6 Å². The third-order valence-corrected chi connectivity index (χ3v) is 5.27. The molecule has 0 unspecified atom stereocenters. The highest BCUT2D eigenvalue weighted by Gasteiger charge is 2.19. The number of piperidine rings is 1. The van der Waals surface area contributed by atoms with Crippen LogP contribution in [0.1, 0.15) is 18.4 Å². The molecule has 1 saturated heterocycles.